The van der Waals surface area contributed by atoms with Crippen LogP contribution in [0.15, 0.2) is 65.7 Å². The van der Waals surface area contributed by atoms with Crippen LogP contribution in [0.4, 0.5) is 0 Å². The molecule has 0 saturated carbocycles. The van der Waals surface area contributed by atoms with E-state index in [1.54, 1.807) is 0 Å². The van der Waals surface area contributed by atoms with E-state index in [0.717, 1.165) is 19.0 Å². The SMILES string of the molecule is CN=C(NCCOCc1ccccc1)NC1CC2CCC(C1)N2Cc1ccccc1.I. The number of guanidine groups is 1. The number of halogens is 1. The van der Waals surface area contributed by atoms with Gasteiger partial charge in [0.15, 0.2) is 5.96 Å². The molecule has 31 heavy (non-hydrogen) atoms. The van der Waals surface area contributed by atoms with E-state index < -0.39 is 0 Å². The van der Waals surface area contributed by atoms with Crippen LogP contribution < -0.4 is 10.6 Å². The van der Waals surface area contributed by atoms with E-state index >= 15 is 0 Å². The minimum atomic E-state index is 0. The van der Waals surface area contributed by atoms with Crippen LogP contribution in [-0.2, 0) is 17.9 Å². The van der Waals surface area contributed by atoms with Gasteiger partial charge in [-0.15, -0.1) is 24.0 Å². The van der Waals surface area contributed by atoms with Gasteiger partial charge in [0.1, 0.15) is 0 Å². The van der Waals surface area contributed by atoms with Crippen molar-refractivity contribution in [1.29, 1.82) is 0 Å². The summed E-state index contributed by atoms with van der Waals surface area (Å²) in [5.74, 6) is 0.888. The number of hydrogen-bond donors (Lipinski definition) is 2. The number of rotatable bonds is 8. The van der Waals surface area contributed by atoms with E-state index in [9.17, 15) is 0 Å². The average Bonchev–Trinajstić information content (AvgIpc) is 3.01. The zero-order valence-electron chi connectivity index (χ0n) is 18.4. The van der Waals surface area contributed by atoms with E-state index in [1.165, 1.54) is 36.8 Å². The third kappa shape index (κ3) is 6.92. The summed E-state index contributed by atoms with van der Waals surface area (Å²) in [5.41, 5.74) is 2.63. The van der Waals surface area contributed by atoms with Crippen molar-refractivity contribution in [3.63, 3.8) is 0 Å². The Balaban J connectivity index is 0.00000272. The van der Waals surface area contributed by atoms with Crippen LogP contribution in [0.2, 0.25) is 0 Å². The zero-order chi connectivity index (χ0) is 20.6. The Labute approximate surface area is 203 Å². The van der Waals surface area contributed by atoms with Gasteiger partial charge >= 0.3 is 0 Å². The molecule has 2 aromatic rings. The summed E-state index contributed by atoms with van der Waals surface area (Å²) in [7, 11) is 1.85. The molecule has 2 fully saturated rings. The molecule has 168 valence electrons. The number of piperidine rings is 1. The van der Waals surface area contributed by atoms with Gasteiger partial charge in [-0.3, -0.25) is 9.89 Å². The first-order valence-electron chi connectivity index (χ1n) is 11.2. The van der Waals surface area contributed by atoms with Gasteiger partial charge in [0.25, 0.3) is 0 Å². The van der Waals surface area contributed by atoms with Crippen LogP contribution in [0.1, 0.15) is 36.8 Å². The second-order valence-corrected chi connectivity index (χ2v) is 8.39. The Bertz CT molecular complexity index is 788. The predicted octanol–water partition coefficient (Wildman–Crippen LogP) is 4.18. The second kappa shape index (κ2) is 12.4. The number of nitrogens with one attached hydrogen (secondary N) is 2. The molecule has 6 heteroatoms. The quantitative estimate of drug-likeness (QED) is 0.231. The summed E-state index contributed by atoms with van der Waals surface area (Å²) in [5, 5.41) is 7.06. The van der Waals surface area contributed by atoms with Crippen molar-refractivity contribution in [3.8, 4) is 0 Å². The van der Waals surface area contributed by atoms with Crippen LogP contribution in [0, 0.1) is 0 Å². The normalized spacial score (nSPS) is 23.3. The van der Waals surface area contributed by atoms with E-state index in [2.05, 4.69) is 63.0 Å². The molecule has 2 N–H and O–H groups in total. The smallest absolute Gasteiger partial charge is 0.191 e. The molecule has 2 aliphatic rings. The summed E-state index contributed by atoms with van der Waals surface area (Å²) < 4.78 is 5.77. The van der Waals surface area contributed by atoms with Gasteiger partial charge in [-0.25, -0.2) is 0 Å². The Kier molecular flexibility index (Phi) is 9.61. The molecule has 0 amide bonds. The molecule has 2 heterocycles. The molecule has 2 aromatic carbocycles. The highest BCUT2D eigenvalue weighted by molar-refractivity contribution is 14.0. The molecule has 5 nitrogen and oxygen atoms in total. The number of nitrogens with zero attached hydrogens (tertiary/aromatic N) is 2. The van der Waals surface area contributed by atoms with Crippen molar-refractivity contribution in [2.24, 2.45) is 4.99 Å². The van der Waals surface area contributed by atoms with Crippen molar-refractivity contribution in [2.75, 3.05) is 20.2 Å². The van der Waals surface area contributed by atoms with Crippen LogP contribution in [0.5, 0.6) is 0 Å². The molecular formula is C25H35IN4O. The predicted molar refractivity (Wildman–Crippen MR) is 138 cm³/mol. The Morgan fingerprint density at radius 3 is 2.19 bits per heavy atom. The first kappa shape index (κ1) is 24.0. The molecule has 0 aliphatic carbocycles. The largest absolute Gasteiger partial charge is 0.375 e. The maximum atomic E-state index is 5.77. The van der Waals surface area contributed by atoms with Gasteiger partial charge < -0.3 is 15.4 Å². The van der Waals surface area contributed by atoms with E-state index in [1.807, 2.05) is 25.2 Å². The summed E-state index contributed by atoms with van der Waals surface area (Å²) in [6.07, 6.45) is 5.01. The topological polar surface area (TPSA) is 48.9 Å². The Hall–Kier alpha value is -1.64. The molecule has 0 radical (unpaired) electrons. The molecule has 2 atom stereocenters. The van der Waals surface area contributed by atoms with Crippen molar-refractivity contribution in [3.05, 3.63) is 71.8 Å². The fraction of sp³-hybridized carbons (Fsp3) is 0.480. The lowest BCUT2D eigenvalue weighted by Crippen LogP contribution is -2.52. The second-order valence-electron chi connectivity index (χ2n) is 8.39. The third-order valence-electron chi connectivity index (χ3n) is 6.31. The summed E-state index contributed by atoms with van der Waals surface area (Å²) in [4.78, 5) is 7.14. The first-order valence-corrected chi connectivity index (χ1v) is 11.2. The Morgan fingerprint density at radius 2 is 1.58 bits per heavy atom. The van der Waals surface area contributed by atoms with Gasteiger partial charge in [-0.05, 0) is 36.8 Å². The number of aliphatic imine (C=N–C) groups is 1. The molecular weight excluding hydrogens is 499 g/mol. The zero-order valence-corrected chi connectivity index (χ0v) is 20.7. The molecule has 2 bridgehead atoms. The minimum Gasteiger partial charge on any atom is -0.375 e. The molecule has 0 spiro atoms. The lowest BCUT2D eigenvalue weighted by Gasteiger charge is -2.39. The first-order chi connectivity index (χ1) is 14.8. The van der Waals surface area contributed by atoms with Gasteiger partial charge in [-0.1, -0.05) is 60.7 Å². The van der Waals surface area contributed by atoms with Gasteiger partial charge in [-0.2, -0.15) is 0 Å². The van der Waals surface area contributed by atoms with Gasteiger partial charge in [0.05, 0.1) is 13.2 Å². The van der Waals surface area contributed by atoms with E-state index in [4.69, 9.17) is 4.74 Å². The summed E-state index contributed by atoms with van der Waals surface area (Å²) in [6.45, 7) is 3.15. The molecule has 2 aliphatic heterocycles. The summed E-state index contributed by atoms with van der Waals surface area (Å²) >= 11 is 0. The minimum absolute atomic E-state index is 0. The lowest BCUT2D eigenvalue weighted by molar-refractivity contribution is 0.114. The van der Waals surface area contributed by atoms with Crippen LogP contribution in [0.25, 0.3) is 0 Å². The number of fused-ring (bicyclic) bond motifs is 2. The maximum Gasteiger partial charge on any atom is 0.191 e. The van der Waals surface area contributed by atoms with Crippen LogP contribution >= 0.6 is 24.0 Å². The van der Waals surface area contributed by atoms with Crippen LogP contribution in [0.3, 0.4) is 0 Å². The van der Waals surface area contributed by atoms with Crippen molar-refractivity contribution < 1.29 is 4.74 Å². The van der Waals surface area contributed by atoms with Gasteiger partial charge in [0, 0.05) is 38.3 Å². The number of hydrogen-bond acceptors (Lipinski definition) is 3. The Morgan fingerprint density at radius 1 is 0.968 bits per heavy atom. The molecule has 0 aromatic heterocycles. The highest BCUT2D eigenvalue weighted by Gasteiger charge is 2.40. The fourth-order valence-corrected chi connectivity index (χ4v) is 4.84. The molecule has 2 saturated heterocycles. The average molecular weight is 534 g/mol. The summed E-state index contributed by atoms with van der Waals surface area (Å²) in [6, 6.07) is 23.0. The van der Waals surface area contributed by atoms with Crippen molar-refractivity contribution in [1.82, 2.24) is 15.5 Å². The van der Waals surface area contributed by atoms with Gasteiger partial charge in [0.2, 0.25) is 0 Å². The standard InChI is InChI=1S/C25H34N4O.HI/c1-26-25(27-14-15-30-19-21-10-6-3-7-11-21)28-22-16-23-12-13-24(17-22)29(23)18-20-8-4-2-5-9-20;/h2-11,22-24H,12-19H2,1H3,(H2,26,27,28);1H. The molecule has 2 unspecified atom stereocenters. The van der Waals surface area contributed by atoms with Crippen LogP contribution in [-0.4, -0.2) is 49.2 Å². The van der Waals surface area contributed by atoms with E-state index in [-0.39, 0.29) is 24.0 Å². The highest BCUT2D eigenvalue weighted by atomic mass is 127. The highest BCUT2D eigenvalue weighted by Crippen LogP contribution is 2.36. The molecule has 4 rings (SSSR count). The van der Waals surface area contributed by atoms with Crippen molar-refractivity contribution in [2.45, 2.75) is 57.0 Å². The monoisotopic (exact) mass is 534 g/mol. The van der Waals surface area contributed by atoms with Crippen molar-refractivity contribution >= 4 is 29.9 Å². The van der Waals surface area contributed by atoms with E-state index in [0.29, 0.717) is 31.3 Å². The number of ether oxygens (including phenoxy) is 1. The number of benzene rings is 2. The third-order valence-corrected chi connectivity index (χ3v) is 6.31. The maximum absolute atomic E-state index is 5.77. The fourth-order valence-electron chi connectivity index (χ4n) is 4.84. The lowest BCUT2D eigenvalue weighted by atomic mass is 9.96.